The summed E-state index contributed by atoms with van der Waals surface area (Å²) in [5, 5.41) is 12.2. The average Bonchev–Trinajstić information content (AvgIpc) is 2.63. The number of phenolic OH excluding ortho intramolecular Hbond substituents is 1. The number of halogens is 2. The molecular weight excluding hydrogens is 320 g/mol. The van der Waals surface area contributed by atoms with Gasteiger partial charge in [-0.1, -0.05) is 11.6 Å². The van der Waals surface area contributed by atoms with Crippen molar-refractivity contribution in [3.05, 3.63) is 45.7 Å². The van der Waals surface area contributed by atoms with Crippen LogP contribution < -0.4 is 5.32 Å². The molecule has 0 saturated carbocycles. The lowest BCUT2D eigenvalue weighted by molar-refractivity contribution is 0.101. The van der Waals surface area contributed by atoms with E-state index in [0.717, 1.165) is 4.47 Å². The minimum Gasteiger partial charge on any atom is -0.506 e. The zero-order valence-corrected chi connectivity index (χ0v) is 11.8. The fourth-order valence-corrected chi connectivity index (χ4v) is 2.23. The quantitative estimate of drug-likeness (QED) is 0.830. The van der Waals surface area contributed by atoms with Gasteiger partial charge in [0.05, 0.1) is 5.02 Å². The lowest BCUT2D eigenvalue weighted by Crippen LogP contribution is -2.15. The Morgan fingerprint density at radius 3 is 2.72 bits per heavy atom. The third kappa shape index (κ3) is 2.68. The van der Waals surface area contributed by atoms with Gasteiger partial charge in [0, 0.05) is 23.4 Å². The summed E-state index contributed by atoms with van der Waals surface area (Å²) in [6.07, 6.45) is 1.79. The number of carbonyl (C=O) groups is 1. The van der Waals surface area contributed by atoms with Gasteiger partial charge in [-0.25, -0.2) is 0 Å². The third-order valence-corrected chi connectivity index (χ3v) is 3.15. The molecule has 2 N–H and O–H groups in total. The number of anilines is 1. The van der Waals surface area contributed by atoms with Gasteiger partial charge in [0.25, 0.3) is 5.91 Å². The first kappa shape index (κ1) is 13.0. The van der Waals surface area contributed by atoms with Crippen molar-refractivity contribution in [3.8, 4) is 5.75 Å². The van der Waals surface area contributed by atoms with E-state index in [1.807, 2.05) is 0 Å². The van der Waals surface area contributed by atoms with Gasteiger partial charge < -0.3 is 15.0 Å². The standard InChI is InChI=1S/C12H10BrClN2O2/c1-16-6-7(13)4-10(16)12(18)15-8-2-3-11(17)9(14)5-8/h2-6,17H,1H3,(H,15,18). The van der Waals surface area contributed by atoms with Crippen LogP contribution in [0.4, 0.5) is 5.69 Å². The molecule has 6 heteroatoms. The monoisotopic (exact) mass is 328 g/mol. The predicted molar refractivity (Wildman–Crippen MR) is 74.2 cm³/mol. The number of rotatable bonds is 2. The molecule has 0 bridgehead atoms. The maximum atomic E-state index is 12.0. The van der Waals surface area contributed by atoms with E-state index in [9.17, 15) is 9.90 Å². The van der Waals surface area contributed by atoms with Crippen LogP contribution in [0.25, 0.3) is 0 Å². The van der Waals surface area contributed by atoms with Crippen molar-refractivity contribution < 1.29 is 9.90 Å². The molecule has 1 aromatic heterocycles. The van der Waals surface area contributed by atoms with E-state index in [4.69, 9.17) is 11.6 Å². The summed E-state index contributed by atoms with van der Waals surface area (Å²) >= 11 is 9.07. The van der Waals surface area contributed by atoms with Gasteiger partial charge in [-0.2, -0.15) is 0 Å². The van der Waals surface area contributed by atoms with Gasteiger partial charge in [0.15, 0.2) is 0 Å². The molecule has 2 aromatic rings. The molecule has 94 valence electrons. The second-order valence-electron chi connectivity index (χ2n) is 3.77. The van der Waals surface area contributed by atoms with Gasteiger partial charge >= 0.3 is 0 Å². The molecule has 0 aliphatic rings. The molecule has 0 radical (unpaired) electrons. The van der Waals surface area contributed by atoms with Crippen LogP contribution in [-0.4, -0.2) is 15.6 Å². The smallest absolute Gasteiger partial charge is 0.272 e. The molecule has 0 spiro atoms. The number of hydrogen-bond donors (Lipinski definition) is 2. The van der Waals surface area contributed by atoms with Crippen LogP contribution in [0.2, 0.25) is 5.02 Å². The summed E-state index contributed by atoms with van der Waals surface area (Å²) in [4.78, 5) is 12.0. The van der Waals surface area contributed by atoms with Crippen LogP contribution in [-0.2, 0) is 7.05 Å². The first-order chi connectivity index (χ1) is 8.47. The van der Waals surface area contributed by atoms with Gasteiger partial charge in [0.1, 0.15) is 11.4 Å². The van der Waals surface area contributed by atoms with Crippen molar-refractivity contribution in [3.63, 3.8) is 0 Å². The fraction of sp³-hybridized carbons (Fsp3) is 0.0833. The first-order valence-electron chi connectivity index (χ1n) is 5.09. The minimum absolute atomic E-state index is 0.0173. The number of nitrogens with zero attached hydrogens (tertiary/aromatic N) is 1. The molecule has 0 atom stereocenters. The number of nitrogens with one attached hydrogen (secondary N) is 1. The maximum Gasteiger partial charge on any atom is 0.272 e. The molecule has 0 fully saturated rings. The van der Waals surface area contributed by atoms with Gasteiger partial charge in [-0.15, -0.1) is 0 Å². The van der Waals surface area contributed by atoms with Gasteiger partial charge in [-0.3, -0.25) is 4.79 Å². The Balaban J connectivity index is 2.21. The van der Waals surface area contributed by atoms with E-state index < -0.39 is 0 Å². The highest BCUT2D eigenvalue weighted by atomic mass is 79.9. The molecule has 18 heavy (non-hydrogen) atoms. The molecule has 1 amide bonds. The zero-order chi connectivity index (χ0) is 13.3. The second-order valence-corrected chi connectivity index (χ2v) is 5.10. The molecule has 2 rings (SSSR count). The molecule has 0 saturated heterocycles. The van der Waals surface area contributed by atoms with E-state index in [1.54, 1.807) is 29.9 Å². The zero-order valence-electron chi connectivity index (χ0n) is 9.45. The third-order valence-electron chi connectivity index (χ3n) is 2.41. The lowest BCUT2D eigenvalue weighted by Gasteiger charge is -2.07. The van der Waals surface area contributed by atoms with Crippen molar-refractivity contribution >= 4 is 39.1 Å². The number of aromatic hydroxyl groups is 1. The predicted octanol–water partition coefficient (Wildman–Crippen LogP) is 3.40. The number of aryl methyl sites for hydroxylation is 1. The second kappa shape index (κ2) is 5.04. The van der Waals surface area contributed by atoms with Crippen molar-refractivity contribution in [2.24, 2.45) is 7.05 Å². The molecular formula is C12H10BrClN2O2. The number of phenols is 1. The number of carbonyl (C=O) groups excluding carboxylic acids is 1. The summed E-state index contributed by atoms with van der Waals surface area (Å²) in [6.45, 7) is 0. The van der Waals surface area contributed by atoms with Crippen LogP contribution >= 0.6 is 27.5 Å². The summed E-state index contributed by atoms with van der Waals surface area (Å²) in [5.41, 5.74) is 1.05. The Morgan fingerprint density at radius 1 is 1.44 bits per heavy atom. The number of hydrogen-bond acceptors (Lipinski definition) is 2. The van der Waals surface area contributed by atoms with Crippen LogP contribution in [0, 0.1) is 0 Å². The number of benzene rings is 1. The summed E-state index contributed by atoms with van der Waals surface area (Å²) in [6, 6.07) is 6.22. The van der Waals surface area contributed by atoms with E-state index in [1.165, 1.54) is 12.1 Å². The Morgan fingerprint density at radius 2 is 2.17 bits per heavy atom. The van der Waals surface area contributed by atoms with E-state index >= 15 is 0 Å². The minimum atomic E-state index is -0.245. The Hall–Kier alpha value is -1.46. The molecule has 0 unspecified atom stereocenters. The highest BCUT2D eigenvalue weighted by Crippen LogP contribution is 2.26. The maximum absolute atomic E-state index is 12.0. The SMILES string of the molecule is Cn1cc(Br)cc1C(=O)Nc1ccc(O)c(Cl)c1. The van der Waals surface area contributed by atoms with E-state index in [2.05, 4.69) is 21.2 Å². The van der Waals surface area contributed by atoms with E-state index in [-0.39, 0.29) is 16.7 Å². The molecule has 0 aliphatic carbocycles. The molecule has 0 aliphatic heterocycles. The Bertz CT molecular complexity index is 610. The summed E-state index contributed by atoms with van der Waals surface area (Å²) < 4.78 is 2.54. The van der Waals surface area contributed by atoms with E-state index in [0.29, 0.717) is 11.4 Å². The van der Waals surface area contributed by atoms with Crippen molar-refractivity contribution in [2.75, 3.05) is 5.32 Å². The molecule has 1 aromatic carbocycles. The summed E-state index contributed by atoms with van der Waals surface area (Å²) in [5.74, 6) is -0.263. The number of aromatic nitrogens is 1. The highest BCUT2D eigenvalue weighted by molar-refractivity contribution is 9.10. The fourth-order valence-electron chi connectivity index (χ4n) is 1.53. The van der Waals surface area contributed by atoms with Crippen LogP contribution in [0.15, 0.2) is 34.9 Å². The van der Waals surface area contributed by atoms with Crippen molar-refractivity contribution in [2.45, 2.75) is 0 Å². The summed E-state index contributed by atoms with van der Waals surface area (Å²) in [7, 11) is 1.78. The molecule has 4 nitrogen and oxygen atoms in total. The molecule has 1 heterocycles. The van der Waals surface area contributed by atoms with Crippen molar-refractivity contribution in [1.82, 2.24) is 4.57 Å². The highest BCUT2D eigenvalue weighted by Gasteiger charge is 2.11. The average molecular weight is 330 g/mol. The lowest BCUT2D eigenvalue weighted by atomic mass is 10.3. The normalized spacial score (nSPS) is 10.4. The van der Waals surface area contributed by atoms with Gasteiger partial charge in [-0.05, 0) is 40.2 Å². The van der Waals surface area contributed by atoms with Crippen LogP contribution in [0.5, 0.6) is 5.75 Å². The van der Waals surface area contributed by atoms with Gasteiger partial charge in [0.2, 0.25) is 0 Å². The largest absolute Gasteiger partial charge is 0.506 e. The Kier molecular flexibility index (Phi) is 3.63. The Labute approximate surface area is 117 Å². The van der Waals surface area contributed by atoms with Crippen LogP contribution in [0.1, 0.15) is 10.5 Å². The number of amides is 1. The topological polar surface area (TPSA) is 54.3 Å². The van der Waals surface area contributed by atoms with Crippen molar-refractivity contribution in [1.29, 1.82) is 0 Å². The van der Waals surface area contributed by atoms with Crippen LogP contribution in [0.3, 0.4) is 0 Å². The first-order valence-corrected chi connectivity index (χ1v) is 6.26.